The first-order valence-electron chi connectivity index (χ1n) is 8.75. The molecule has 27 heavy (non-hydrogen) atoms. The summed E-state index contributed by atoms with van der Waals surface area (Å²) in [4.78, 5) is 8.52. The van der Waals surface area contributed by atoms with Crippen LogP contribution in [0.4, 0.5) is 5.82 Å². The van der Waals surface area contributed by atoms with Gasteiger partial charge >= 0.3 is 0 Å². The smallest absolute Gasteiger partial charge is 0.193 e. The monoisotopic (exact) mass is 427 g/mol. The Morgan fingerprint density at radius 1 is 1.04 bits per heavy atom. The van der Waals surface area contributed by atoms with E-state index in [0.29, 0.717) is 26.2 Å². The molecule has 2 fully saturated rings. The van der Waals surface area contributed by atoms with Gasteiger partial charge in [0.25, 0.3) is 0 Å². The molecule has 0 unspecified atom stereocenters. The fourth-order valence-electron chi connectivity index (χ4n) is 3.83. The summed E-state index contributed by atoms with van der Waals surface area (Å²) in [5, 5.41) is 0.805. The summed E-state index contributed by atoms with van der Waals surface area (Å²) in [6.07, 6.45) is 1.74. The van der Waals surface area contributed by atoms with Gasteiger partial charge in [0.15, 0.2) is 19.7 Å². The maximum absolute atomic E-state index is 13.0. The molecule has 2 aromatic rings. The molecule has 2 aliphatic heterocycles. The summed E-state index contributed by atoms with van der Waals surface area (Å²) >= 11 is 1.15. The highest BCUT2D eigenvalue weighted by molar-refractivity contribution is 7.97. The number of hydrogen-bond donors (Lipinski definition) is 0. The number of rotatable bonds is 4. The highest BCUT2D eigenvalue weighted by Gasteiger charge is 2.48. The van der Waals surface area contributed by atoms with Gasteiger partial charge < -0.3 is 4.90 Å². The summed E-state index contributed by atoms with van der Waals surface area (Å²) < 4.78 is 50.9. The van der Waals surface area contributed by atoms with Crippen LogP contribution in [0.3, 0.4) is 0 Å². The normalized spacial score (nSPS) is 26.3. The van der Waals surface area contributed by atoms with Crippen molar-refractivity contribution in [3.8, 4) is 0 Å². The molecule has 0 radical (unpaired) electrons. The molecule has 2 aliphatic rings. The van der Waals surface area contributed by atoms with Gasteiger partial charge in [-0.2, -0.15) is 0 Å². The van der Waals surface area contributed by atoms with Gasteiger partial charge in [-0.15, -0.1) is 11.3 Å². The molecule has 4 heterocycles. The Morgan fingerprint density at radius 2 is 1.81 bits per heavy atom. The second kappa shape index (κ2) is 7.16. The summed E-state index contributed by atoms with van der Waals surface area (Å²) in [5.41, 5.74) is 0. The van der Waals surface area contributed by atoms with Crippen LogP contribution < -0.4 is 4.90 Å². The van der Waals surface area contributed by atoms with E-state index >= 15 is 0 Å². The van der Waals surface area contributed by atoms with Crippen LogP contribution in [0.1, 0.15) is 0 Å². The molecule has 4 rings (SSSR count). The number of hydrogen-bond acceptors (Lipinski definition) is 8. The van der Waals surface area contributed by atoms with Crippen molar-refractivity contribution in [3.05, 3.63) is 41.9 Å². The third-order valence-electron chi connectivity index (χ3n) is 5.20. The van der Waals surface area contributed by atoms with Crippen molar-refractivity contribution in [1.82, 2.24) is 9.88 Å². The van der Waals surface area contributed by atoms with E-state index in [9.17, 15) is 16.8 Å². The lowest BCUT2D eigenvalue weighted by Crippen LogP contribution is -2.55. The molecule has 0 aromatic carbocycles. The van der Waals surface area contributed by atoms with Crippen molar-refractivity contribution in [2.45, 2.75) is 15.5 Å². The molecule has 2 aromatic heterocycles. The second-order valence-electron chi connectivity index (χ2n) is 6.87. The van der Waals surface area contributed by atoms with E-state index in [4.69, 9.17) is 0 Å². The van der Waals surface area contributed by atoms with Crippen LogP contribution in [0.15, 0.2) is 46.1 Å². The standard InChI is InChI=1S/C17H21N3O4S3/c21-26(22)12-14(15(13-26)27(23,24)17-5-3-11-25-17)19-7-9-20(10-8-19)16-4-1-2-6-18-16/h1-6,11,14-15H,7-10,12-13H2/t14-,15-/m0/s1. The minimum absolute atomic E-state index is 0.0914. The summed E-state index contributed by atoms with van der Waals surface area (Å²) in [7, 11) is -7.03. The minimum atomic E-state index is -3.66. The third kappa shape index (κ3) is 3.75. The average molecular weight is 428 g/mol. The number of nitrogens with zero attached hydrogens (tertiary/aromatic N) is 3. The van der Waals surface area contributed by atoms with Crippen molar-refractivity contribution in [2.24, 2.45) is 0 Å². The van der Waals surface area contributed by atoms with Crippen molar-refractivity contribution in [1.29, 1.82) is 0 Å². The van der Waals surface area contributed by atoms with Gasteiger partial charge in [-0.05, 0) is 23.6 Å². The van der Waals surface area contributed by atoms with E-state index in [1.165, 1.54) is 0 Å². The van der Waals surface area contributed by atoms with E-state index in [2.05, 4.69) is 9.88 Å². The van der Waals surface area contributed by atoms with Crippen LogP contribution >= 0.6 is 11.3 Å². The first-order chi connectivity index (χ1) is 12.9. The number of sulfone groups is 2. The SMILES string of the molecule is O=S1(=O)C[C@H](N2CCN(c3ccccn3)CC2)[C@@H](S(=O)(=O)c2cccs2)C1. The first kappa shape index (κ1) is 18.9. The fraction of sp³-hybridized carbons (Fsp3) is 0.471. The molecule has 7 nitrogen and oxygen atoms in total. The maximum atomic E-state index is 13.0. The molecule has 146 valence electrons. The molecule has 0 spiro atoms. The minimum Gasteiger partial charge on any atom is -0.354 e. The Hall–Kier alpha value is -1.49. The second-order valence-corrected chi connectivity index (χ2v) is 12.4. The lowest BCUT2D eigenvalue weighted by molar-refractivity contribution is 0.201. The van der Waals surface area contributed by atoms with Crippen molar-refractivity contribution < 1.29 is 16.8 Å². The van der Waals surface area contributed by atoms with Gasteiger partial charge in [0.1, 0.15) is 10.0 Å². The molecular formula is C17H21N3O4S3. The molecule has 0 N–H and O–H groups in total. The van der Waals surface area contributed by atoms with Crippen LogP contribution in [-0.2, 0) is 19.7 Å². The van der Waals surface area contributed by atoms with Crippen LogP contribution in [0.25, 0.3) is 0 Å². The van der Waals surface area contributed by atoms with Crippen molar-refractivity contribution in [3.63, 3.8) is 0 Å². The zero-order chi connectivity index (χ0) is 19.1. The topological polar surface area (TPSA) is 87.7 Å². The Balaban J connectivity index is 1.54. The fourth-order valence-corrected chi connectivity index (χ4v) is 9.89. The van der Waals surface area contributed by atoms with E-state index in [0.717, 1.165) is 17.2 Å². The molecule has 0 saturated carbocycles. The molecule has 10 heteroatoms. The number of piperazine rings is 1. The van der Waals surface area contributed by atoms with E-state index < -0.39 is 31.0 Å². The Bertz CT molecular complexity index is 983. The zero-order valence-electron chi connectivity index (χ0n) is 14.6. The van der Waals surface area contributed by atoms with Crippen molar-refractivity contribution >= 4 is 36.8 Å². The van der Waals surface area contributed by atoms with Crippen LogP contribution in [0, 0.1) is 0 Å². The van der Waals surface area contributed by atoms with Crippen LogP contribution in [0.2, 0.25) is 0 Å². The zero-order valence-corrected chi connectivity index (χ0v) is 17.1. The maximum Gasteiger partial charge on any atom is 0.193 e. The van der Waals surface area contributed by atoms with Crippen LogP contribution in [0.5, 0.6) is 0 Å². The molecule has 0 aliphatic carbocycles. The van der Waals surface area contributed by atoms with Gasteiger partial charge in [0.05, 0.1) is 16.8 Å². The lowest BCUT2D eigenvalue weighted by atomic mass is 10.2. The molecule has 2 saturated heterocycles. The van der Waals surface area contributed by atoms with Crippen molar-refractivity contribution in [2.75, 3.05) is 42.6 Å². The van der Waals surface area contributed by atoms with E-state index in [-0.39, 0.29) is 15.7 Å². The third-order valence-corrected chi connectivity index (χ3v) is 10.8. The average Bonchev–Trinajstić information content (AvgIpc) is 3.31. The Kier molecular flexibility index (Phi) is 5.00. The number of thiophene rings is 1. The summed E-state index contributed by atoms with van der Waals surface area (Å²) in [6, 6.07) is 8.49. The molecule has 0 amide bonds. The van der Waals surface area contributed by atoms with Gasteiger partial charge in [-0.1, -0.05) is 12.1 Å². The lowest BCUT2D eigenvalue weighted by Gasteiger charge is -2.39. The van der Waals surface area contributed by atoms with E-state index in [1.807, 2.05) is 23.1 Å². The van der Waals surface area contributed by atoms with Gasteiger partial charge in [0.2, 0.25) is 0 Å². The largest absolute Gasteiger partial charge is 0.354 e. The van der Waals surface area contributed by atoms with Gasteiger partial charge in [-0.3, -0.25) is 4.90 Å². The molecule has 0 bridgehead atoms. The van der Waals surface area contributed by atoms with Crippen LogP contribution in [-0.4, -0.2) is 75.7 Å². The molecule has 2 atom stereocenters. The number of pyridine rings is 1. The highest BCUT2D eigenvalue weighted by Crippen LogP contribution is 2.31. The highest BCUT2D eigenvalue weighted by atomic mass is 32.2. The quantitative estimate of drug-likeness (QED) is 0.716. The Labute approximate surface area is 163 Å². The first-order valence-corrected chi connectivity index (χ1v) is 13.0. The number of aromatic nitrogens is 1. The van der Waals surface area contributed by atoms with Gasteiger partial charge in [-0.25, -0.2) is 21.8 Å². The predicted octanol–water partition coefficient (Wildman–Crippen LogP) is 0.905. The Morgan fingerprint density at radius 3 is 2.44 bits per heavy atom. The summed E-state index contributed by atoms with van der Waals surface area (Å²) in [6.45, 7) is 2.62. The predicted molar refractivity (Wildman–Crippen MR) is 106 cm³/mol. The summed E-state index contributed by atoms with van der Waals surface area (Å²) in [5.74, 6) is 0.503. The van der Waals surface area contributed by atoms with E-state index in [1.54, 1.807) is 23.7 Å². The van der Waals surface area contributed by atoms with Gasteiger partial charge in [0, 0.05) is 38.4 Å². The molecular weight excluding hydrogens is 406 g/mol. The number of anilines is 1.